The number of halogens is 3. The minimum Gasteiger partial charge on any atom is -0.481 e. The van der Waals surface area contributed by atoms with E-state index in [1.165, 1.54) is 12.0 Å². The molecule has 0 unspecified atom stereocenters. The number of amides is 2. The highest BCUT2D eigenvalue weighted by atomic mass is 19.4. The first kappa shape index (κ1) is 18.3. The van der Waals surface area contributed by atoms with E-state index in [-0.39, 0.29) is 19.1 Å². The normalized spacial score (nSPS) is 16.6. The third-order valence-electron chi connectivity index (χ3n) is 3.73. The minimum atomic E-state index is -4.21. The number of urea groups is 1. The van der Waals surface area contributed by atoms with Crippen LogP contribution in [-0.4, -0.2) is 66.8 Å². The predicted molar refractivity (Wildman–Crippen MR) is 81.7 cm³/mol. The number of aromatic nitrogens is 1. The van der Waals surface area contributed by atoms with Gasteiger partial charge in [-0.15, -0.1) is 0 Å². The Labute approximate surface area is 138 Å². The van der Waals surface area contributed by atoms with Gasteiger partial charge in [-0.1, -0.05) is 6.07 Å². The third-order valence-corrected chi connectivity index (χ3v) is 3.73. The second-order valence-electron chi connectivity index (χ2n) is 5.60. The zero-order chi connectivity index (χ0) is 17.6. The zero-order valence-electron chi connectivity index (χ0n) is 13.5. The number of carbonyl (C=O) groups excluding carboxylic acids is 1. The number of pyridine rings is 1. The molecule has 0 aliphatic carbocycles. The maximum Gasteiger partial charge on any atom is 0.401 e. The quantitative estimate of drug-likeness (QED) is 0.904. The highest BCUT2D eigenvalue weighted by Gasteiger charge is 2.31. The molecule has 24 heavy (non-hydrogen) atoms. The molecular formula is C15H21F3N4O2. The van der Waals surface area contributed by atoms with E-state index in [1.54, 1.807) is 23.2 Å². The van der Waals surface area contributed by atoms with E-state index >= 15 is 0 Å². The Kier molecular flexibility index (Phi) is 6.24. The van der Waals surface area contributed by atoms with Crippen LogP contribution in [-0.2, 0) is 6.54 Å². The van der Waals surface area contributed by atoms with E-state index in [9.17, 15) is 18.0 Å². The molecule has 2 heterocycles. The number of nitrogens with zero attached hydrogens (tertiary/aromatic N) is 3. The second kappa shape index (κ2) is 8.18. The molecule has 134 valence electrons. The predicted octanol–water partition coefficient (Wildman–Crippen LogP) is 1.87. The van der Waals surface area contributed by atoms with Crippen LogP contribution in [0.4, 0.5) is 18.0 Å². The summed E-state index contributed by atoms with van der Waals surface area (Å²) < 4.78 is 42.3. The summed E-state index contributed by atoms with van der Waals surface area (Å²) in [5.74, 6) is 0.488. The van der Waals surface area contributed by atoms with Crippen LogP contribution in [0.5, 0.6) is 5.88 Å². The SMILES string of the molecule is COc1ccc(CNC(=O)N2CCCN(CC(F)(F)F)CC2)cn1. The van der Waals surface area contributed by atoms with Crippen LogP contribution in [0.25, 0.3) is 0 Å². The first-order chi connectivity index (χ1) is 11.4. The Morgan fingerprint density at radius 3 is 2.71 bits per heavy atom. The van der Waals surface area contributed by atoms with Gasteiger partial charge in [0.15, 0.2) is 0 Å². The molecule has 1 aromatic rings. The van der Waals surface area contributed by atoms with Crippen LogP contribution in [0.2, 0.25) is 0 Å². The first-order valence-corrected chi connectivity index (χ1v) is 7.68. The summed E-state index contributed by atoms with van der Waals surface area (Å²) in [4.78, 5) is 19.1. The standard InChI is InChI=1S/C15H21F3N4O2/c1-24-13-4-3-12(9-19-13)10-20-14(23)22-6-2-5-21(7-8-22)11-15(16,17)18/h3-4,9H,2,5-8,10-11H2,1H3,(H,20,23). The van der Waals surface area contributed by atoms with Crippen molar-refractivity contribution in [2.24, 2.45) is 0 Å². The summed E-state index contributed by atoms with van der Waals surface area (Å²) in [6.45, 7) is 0.658. The maximum atomic E-state index is 12.4. The largest absolute Gasteiger partial charge is 0.481 e. The molecule has 1 aromatic heterocycles. The van der Waals surface area contributed by atoms with Crippen LogP contribution in [0.1, 0.15) is 12.0 Å². The lowest BCUT2D eigenvalue weighted by Crippen LogP contribution is -2.42. The van der Waals surface area contributed by atoms with E-state index < -0.39 is 12.7 Å². The van der Waals surface area contributed by atoms with Gasteiger partial charge in [0, 0.05) is 45.0 Å². The van der Waals surface area contributed by atoms with E-state index in [4.69, 9.17) is 4.74 Å². The Morgan fingerprint density at radius 2 is 2.08 bits per heavy atom. The summed E-state index contributed by atoms with van der Waals surface area (Å²) in [7, 11) is 1.52. The van der Waals surface area contributed by atoms with E-state index in [1.807, 2.05) is 0 Å². The third kappa shape index (κ3) is 5.88. The van der Waals surface area contributed by atoms with Gasteiger partial charge < -0.3 is 15.0 Å². The fourth-order valence-corrected chi connectivity index (χ4v) is 2.51. The molecule has 1 N–H and O–H groups in total. The monoisotopic (exact) mass is 346 g/mol. The number of hydrogen-bond donors (Lipinski definition) is 1. The van der Waals surface area contributed by atoms with Crippen LogP contribution in [0, 0.1) is 0 Å². The molecule has 0 spiro atoms. The lowest BCUT2D eigenvalue weighted by Gasteiger charge is -2.23. The average Bonchev–Trinajstić information content (AvgIpc) is 2.77. The molecule has 0 atom stereocenters. The molecule has 1 saturated heterocycles. The highest BCUT2D eigenvalue weighted by Crippen LogP contribution is 2.17. The van der Waals surface area contributed by atoms with Gasteiger partial charge in [-0.2, -0.15) is 13.2 Å². The summed E-state index contributed by atoms with van der Waals surface area (Å²) in [6.07, 6.45) is -2.08. The number of nitrogens with one attached hydrogen (secondary N) is 1. The number of carbonyl (C=O) groups is 1. The van der Waals surface area contributed by atoms with E-state index in [2.05, 4.69) is 10.3 Å². The van der Waals surface area contributed by atoms with Crippen molar-refractivity contribution in [3.8, 4) is 5.88 Å². The van der Waals surface area contributed by atoms with Crippen molar-refractivity contribution in [3.63, 3.8) is 0 Å². The number of hydrogen-bond acceptors (Lipinski definition) is 4. The highest BCUT2D eigenvalue weighted by molar-refractivity contribution is 5.74. The molecular weight excluding hydrogens is 325 g/mol. The molecule has 9 heteroatoms. The summed E-state index contributed by atoms with van der Waals surface area (Å²) in [6, 6.07) is 3.21. The molecule has 1 aliphatic heterocycles. The van der Waals surface area contributed by atoms with Crippen molar-refractivity contribution in [1.82, 2.24) is 20.1 Å². The van der Waals surface area contributed by atoms with E-state index in [0.29, 0.717) is 31.9 Å². The summed E-state index contributed by atoms with van der Waals surface area (Å²) in [5, 5.41) is 2.76. The van der Waals surface area contributed by atoms with Crippen LogP contribution >= 0.6 is 0 Å². The van der Waals surface area contributed by atoms with Gasteiger partial charge in [0.25, 0.3) is 0 Å². The fraction of sp³-hybridized carbons (Fsp3) is 0.600. The first-order valence-electron chi connectivity index (χ1n) is 7.68. The van der Waals surface area contributed by atoms with Crippen LogP contribution in [0.15, 0.2) is 18.3 Å². The molecule has 0 aromatic carbocycles. The van der Waals surface area contributed by atoms with Gasteiger partial charge in [0.05, 0.1) is 13.7 Å². The van der Waals surface area contributed by atoms with Crippen molar-refractivity contribution < 1.29 is 22.7 Å². The van der Waals surface area contributed by atoms with Crippen molar-refractivity contribution in [3.05, 3.63) is 23.9 Å². The van der Waals surface area contributed by atoms with Gasteiger partial charge in [0.2, 0.25) is 5.88 Å². The van der Waals surface area contributed by atoms with Gasteiger partial charge in [-0.05, 0) is 12.0 Å². The molecule has 0 bridgehead atoms. The Bertz CT molecular complexity index is 537. The van der Waals surface area contributed by atoms with Crippen molar-refractivity contribution >= 4 is 6.03 Å². The topological polar surface area (TPSA) is 57.7 Å². The number of ether oxygens (including phenoxy) is 1. The van der Waals surface area contributed by atoms with Crippen molar-refractivity contribution in [2.45, 2.75) is 19.1 Å². The summed E-state index contributed by atoms with van der Waals surface area (Å²) >= 11 is 0. The van der Waals surface area contributed by atoms with Crippen LogP contribution in [0.3, 0.4) is 0 Å². The molecule has 1 fully saturated rings. The lowest BCUT2D eigenvalue weighted by molar-refractivity contribution is -0.145. The molecule has 6 nitrogen and oxygen atoms in total. The smallest absolute Gasteiger partial charge is 0.401 e. The molecule has 0 saturated carbocycles. The Hall–Kier alpha value is -2.03. The zero-order valence-corrected chi connectivity index (χ0v) is 13.5. The number of rotatable bonds is 4. The van der Waals surface area contributed by atoms with Gasteiger partial charge in [0.1, 0.15) is 0 Å². The fourth-order valence-electron chi connectivity index (χ4n) is 2.51. The Morgan fingerprint density at radius 1 is 1.29 bits per heavy atom. The number of methoxy groups -OCH3 is 1. The van der Waals surface area contributed by atoms with Crippen LogP contribution < -0.4 is 10.1 Å². The minimum absolute atomic E-state index is 0.219. The average molecular weight is 346 g/mol. The van der Waals surface area contributed by atoms with Gasteiger partial charge in [-0.3, -0.25) is 4.90 Å². The second-order valence-corrected chi connectivity index (χ2v) is 5.60. The van der Waals surface area contributed by atoms with Crippen molar-refractivity contribution in [2.75, 3.05) is 39.8 Å². The number of alkyl halides is 3. The maximum absolute atomic E-state index is 12.4. The van der Waals surface area contributed by atoms with E-state index in [0.717, 1.165) is 5.56 Å². The summed E-state index contributed by atoms with van der Waals surface area (Å²) in [5.41, 5.74) is 0.817. The van der Waals surface area contributed by atoms with Crippen molar-refractivity contribution in [1.29, 1.82) is 0 Å². The van der Waals surface area contributed by atoms with Gasteiger partial charge in [-0.25, -0.2) is 9.78 Å². The molecule has 2 rings (SSSR count). The Balaban J connectivity index is 1.79. The molecule has 2 amide bonds. The van der Waals surface area contributed by atoms with Gasteiger partial charge >= 0.3 is 12.2 Å². The molecule has 1 aliphatic rings. The lowest BCUT2D eigenvalue weighted by atomic mass is 10.3. The molecule has 0 radical (unpaired) electrons.